The number of hydrogen-bond donors (Lipinski definition) is 2. The molecule has 0 fully saturated rings. The summed E-state index contributed by atoms with van der Waals surface area (Å²) in [6.07, 6.45) is 5.70. The van der Waals surface area contributed by atoms with Gasteiger partial charge >= 0.3 is 0 Å². The Morgan fingerprint density at radius 1 is 1.23 bits per heavy atom. The minimum atomic E-state index is -3.68. The van der Waals surface area contributed by atoms with Gasteiger partial charge in [-0.3, -0.25) is 5.10 Å². The molecule has 3 heterocycles. The van der Waals surface area contributed by atoms with Gasteiger partial charge in [-0.25, -0.2) is 18.1 Å². The van der Waals surface area contributed by atoms with E-state index in [0.29, 0.717) is 17.5 Å². The van der Waals surface area contributed by atoms with Crippen LogP contribution in [0.15, 0.2) is 35.5 Å². The topological polar surface area (TPSA) is 114 Å². The molecule has 0 bridgehead atoms. The van der Waals surface area contributed by atoms with Crippen molar-refractivity contribution in [3.05, 3.63) is 41.7 Å². The molecule has 0 saturated carbocycles. The van der Waals surface area contributed by atoms with E-state index in [0.717, 1.165) is 41.2 Å². The summed E-state index contributed by atoms with van der Waals surface area (Å²) in [6, 6.07) is 4.84. The van der Waals surface area contributed by atoms with Gasteiger partial charge in [0.05, 0.1) is 17.9 Å². The van der Waals surface area contributed by atoms with Crippen molar-refractivity contribution in [3.8, 4) is 0 Å². The average Bonchev–Trinajstić information content (AvgIpc) is 3.29. The van der Waals surface area contributed by atoms with E-state index in [4.69, 9.17) is 0 Å². The first-order valence-electron chi connectivity index (χ1n) is 8.15. The summed E-state index contributed by atoms with van der Waals surface area (Å²) in [5.41, 5.74) is 4.04. The highest BCUT2D eigenvalue weighted by molar-refractivity contribution is 7.89. The second kappa shape index (κ2) is 5.79. The second-order valence-electron chi connectivity index (χ2n) is 6.34. The SMILES string of the molecule is O=S(=O)(NC1CCc2c(cnc3[nH]ncc23)C1)c1cccc2nsnc12. The van der Waals surface area contributed by atoms with E-state index in [2.05, 4.69) is 28.7 Å². The highest BCUT2D eigenvalue weighted by Gasteiger charge is 2.27. The summed E-state index contributed by atoms with van der Waals surface area (Å²) in [7, 11) is -3.68. The Balaban J connectivity index is 1.45. The van der Waals surface area contributed by atoms with Crippen molar-refractivity contribution >= 4 is 43.8 Å². The van der Waals surface area contributed by atoms with Gasteiger partial charge < -0.3 is 0 Å². The number of benzene rings is 1. The first kappa shape index (κ1) is 15.8. The van der Waals surface area contributed by atoms with Crippen molar-refractivity contribution in [3.63, 3.8) is 0 Å². The van der Waals surface area contributed by atoms with E-state index >= 15 is 0 Å². The number of nitrogens with one attached hydrogen (secondary N) is 2. The first-order valence-corrected chi connectivity index (χ1v) is 10.4. The van der Waals surface area contributed by atoms with E-state index in [1.54, 1.807) is 30.6 Å². The minimum absolute atomic E-state index is 0.179. The highest BCUT2D eigenvalue weighted by atomic mass is 32.2. The van der Waals surface area contributed by atoms with Crippen LogP contribution in [0.1, 0.15) is 17.5 Å². The molecule has 1 unspecified atom stereocenters. The minimum Gasteiger partial charge on any atom is -0.261 e. The average molecular weight is 386 g/mol. The van der Waals surface area contributed by atoms with Crippen LogP contribution in [0, 0.1) is 0 Å². The maximum atomic E-state index is 12.9. The van der Waals surface area contributed by atoms with Gasteiger partial charge in [0, 0.05) is 17.6 Å². The Hall–Kier alpha value is -2.43. The Bertz CT molecular complexity index is 1230. The number of pyridine rings is 1. The standard InChI is InChI=1S/C16H14N6O2S2/c23-26(24,14-3-1-2-13-15(14)21-25-20-13)22-10-4-5-11-9(6-10)7-17-16-12(11)8-18-19-16/h1-3,7-8,10,22H,4-6H2,(H,17,18,19). The third-order valence-electron chi connectivity index (χ3n) is 4.75. The Morgan fingerprint density at radius 3 is 3.08 bits per heavy atom. The van der Waals surface area contributed by atoms with Crippen molar-refractivity contribution < 1.29 is 8.42 Å². The molecule has 1 aliphatic carbocycles. The summed E-state index contributed by atoms with van der Waals surface area (Å²) in [5, 5.41) is 7.93. The normalized spacial score (nSPS) is 17.6. The monoisotopic (exact) mass is 386 g/mol. The van der Waals surface area contributed by atoms with Gasteiger partial charge in [0.2, 0.25) is 10.0 Å². The summed E-state index contributed by atoms with van der Waals surface area (Å²) < 4.78 is 36.9. The second-order valence-corrected chi connectivity index (χ2v) is 8.55. The quantitative estimate of drug-likeness (QED) is 0.555. The molecular formula is C16H14N6O2S2. The number of sulfonamides is 1. The van der Waals surface area contributed by atoms with Crippen LogP contribution >= 0.6 is 11.7 Å². The van der Waals surface area contributed by atoms with Crippen molar-refractivity contribution in [2.24, 2.45) is 0 Å². The maximum absolute atomic E-state index is 12.9. The molecule has 5 rings (SSSR count). The molecule has 4 aromatic rings. The van der Waals surface area contributed by atoms with Gasteiger partial charge in [-0.2, -0.15) is 13.8 Å². The summed E-state index contributed by atoms with van der Waals surface area (Å²) in [4.78, 5) is 4.54. The van der Waals surface area contributed by atoms with E-state index < -0.39 is 10.0 Å². The Kier molecular flexibility index (Phi) is 3.52. The number of aromatic amines is 1. The number of rotatable bonds is 3. The molecule has 10 heteroatoms. The van der Waals surface area contributed by atoms with Crippen molar-refractivity contribution in [2.45, 2.75) is 30.2 Å². The number of nitrogens with zero attached hydrogens (tertiary/aromatic N) is 4. The van der Waals surface area contributed by atoms with Gasteiger partial charge in [0.25, 0.3) is 0 Å². The van der Waals surface area contributed by atoms with Crippen molar-refractivity contribution in [1.29, 1.82) is 0 Å². The number of fused-ring (bicyclic) bond motifs is 4. The molecule has 1 atom stereocenters. The molecule has 0 saturated heterocycles. The number of hydrogen-bond acceptors (Lipinski definition) is 7. The Labute approximate surface area is 153 Å². The zero-order chi connectivity index (χ0) is 17.7. The lowest BCUT2D eigenvalue weighted by atomic mass is 9.88. The van der Waals surface area contributed by atoms with Gasteiger partial charge in [-0.1, -0.05) is 6.07 Å². The molecule has 132 valence electrons. The van der Waals surface area contributed by atoms with E-state index in [1.807, 2.05) is 0 Å². The lowest BCUT2D eigenvalue weighted by Gasteiger charge is -2.25. The smallest absolute Gasteiger partial charge is 0.243 e. The fourth-order valence-corrected chi connectivity index (χ4v) is 5.57. The fraction of sp³-hybridized carbons (Fsp3) is 0.250. The summed E-state index contributed by atoms with van der Waals surface area (Å²) in [5.74, 6) is 0. The van der Waals surface area contributed by atoms with Crippen LogP contribution in [0.5, 0.6) is 0 Å². The number of aryl methyl sites for hydroxylation is 1. The molecule has 8 nitrogen and oxygen atoms in total. The van der Waals surface area contributed by atoms with E-state index in [1.165, 1.54) is 5.56 Å². The molecule has 0 radical (unpaired) electrons. The van der Waals surface area contributed by atoms with Gasteiger partial charge in [-0.05, 0) is 42.5 Å². The molecule has 0 spiro atoms. The van der Waals surface area contributed by atoms with Gasteiger partial charge in [-0.15, -0.1) is 0 Å². The van der Waals surface area contributed by atoms with Crippen LogP contribution in [-0.2, 0) is 22.9 Å². The predicted molar refractivity (Wildman–Crippen MR) is 97.4 cm³/mol. The van der Waals surface area contributed by atoms with Crippen LogP contribution in [-0.4, -0.2) is 38.4 Å². The maximum Gasteiger partial charge on any atom is 0.243 e. The lowest BCUT2D eigenvalue weighted by Crippen LogP contribution is -2.39. The fourth-order valence-electron chi connectivity index (χ4n) is 3.53. The summed E-state index contributed by atoms with van der Waals surface area (Å²) in [6.45, 7) is 0. The molecule has 3 aromatic heterocycles. The largest absolute Gasteiger partial charge is 0.261 e. The van der Waals surface area contributed by atoms with Crippen LogP contribution in [0.2, 0.25) is 0 Å². The first-order chi connectivity index (χ1) is 12.6. The van der Waals surface area contributed by atoms with Crippen LogP contribution < -0.4 is 4.72 Å². The number of aromatic nitrogens is 5. The van der Waals surface area contributed by atoms with Crippen LogP contribution in [0.3, 0.4) is 0 Å². The molecular weight excluding hydrogens is 372 g/mol. The molecule has 2 N–H and O–H groups in total. The van der Waals surface area contributed by atoms with Gasteiger partial charge in [0.15, 0.2) is 5.65 Å². The van der Waals surface area contributed by atoms with E-state index in [-0.39, 0.29) is 10.9 Å². The summed E-state index contributed by atoms with van der Waals surface area (Å²) >= 11 is 1.01. The van der Waals surface area contributed by atoms with Gasteiger partial charge in [0.1, 0.15) is 15.9 Å². The highest BCUT2D eigenvalue weighted by Crippen LogP contribution is 2.28. The molecule has 1 aliphatic rings. The molecule has 1 aromatic carbocycles. The third-order valence-corrected chi connectivity index (χ3v) is 6.85. The van der Waals surface area contributed by atoms with Crippen molar-refractivity contribution in [1.82, 2.24) is 28.7 Å². The lowest BCUT2D eigenvalue weighted by molar-refractivity contribution is 0.508. The molecule has 26 heavy (non-hydrogen) atoms. The molecule has 0 amide bonds. The van der Waals surface area contributed by atoms with Crippen LogP contribution in [0.25, 0.3) is 22.1 Å². The predicted octanol–water partition coefficient (Wildman–Crippen LogP) is 1.80. The zero-order valence-corrected chi connectivity index (χ0v) is 15.1. The van der Waals surface area contributed by atoms with E-state index in [9.17, 15) is 8.42 Å². The van der Waals surface area contributed by atoms with Crippen molar-refractivity contribution in [2.75, 3.05) is 0 Å². The zero-order valence-electron chi connectivity index (χ0n) is 13.5. The molecule has 0 aliphatic heterocycles. The Morgan fingerprint density at radius 2 is 2.15 bits per heavy atom. The number of H-pyrrole nitrogens is 1. The van der Waals surface area contributed by atoms with Crippen LogP contribution in [0.4, 0.5) is 0 Å². The third kappa shape index (κ3) is 2.49.